The monoisotopic (exact) mass is 807 g/mol. The zero-order valence-corrected chi connectivity index (χ0v) is 35.6. The Kier molecular flexibility index (Phi) is 17.3. The average molecular weight is 808 g/mol. The van der Waals surface area contributed by atoms with Crippen LogP contribution in [-0.2, 0) is 22.7 Å². The smallest absolute Gasteiger partial charge is 0.300 e. The van der Waals surface area contributed by atoms with Crippen molar-refractivity contribution in [3.8, 4) is 18.2 Å². The van der Waals surface area contributed by atoms with Crippen molar-refractivity contribution in [3.63, 3.8) is 0 Å². The Morgan fingerprint density at radius 3 is 1.20 bits per heavy atom. The zero-order chi connectivity index (χ0) is 40.6. The van der Waals surface area contributed by atoms with Gasteiger partial charge in [0, 0.05) is 44.6 Å². The molecule has 3 aromatic carbocycles. The summed E-state index contributed by atoms with van der Waals surface area (Å²) in [6, 6.07) is 34.0. The van der Waals surface area contributed by atoms with E-state index in [0.717, 1.165) is 5.30 Å². The lowest BCUT2D eigenvalue weighted by Crippen LogP contribution is -2.42. The van der Waals surface area contributed by atoms with Crippen molar-refractivity contribution in [2.24, 2.45) is 0 Å². The van der Waals surface area contributed by atoms with Crippen LogP contribution < -0.4 is 31.2 Å². The van der Waals surface area contributed by atoms with Gasteiger partial charge >= 0.3 is 0 Å². The van der Waals surface area contributed by atoms with E-state index in [9.17, 15) is 24.9 Å². The summed E-state index contributed by atoms with van der Waals surface area (Å²) >= 11 is 0. The molecule has 0 spiro atoms. The molecule has 3 aromatic rings. The van der Waals surface area contributed by atoms with Gasteiger partial charge in [-0.1, -0.05) is 73.0 Å². The maximum absolute atomic E-state index is 14.5. The van der Waals surface area contributed by atoms with Gasteiger partial charge in [0.05, 0.1) is 72.1 Å². The fourth-order valence-corrected chi connectivity index (χ4v) is 12.2. The highest BCUT2D eigenvalue weighted by atomic mass is 31.2. The molecule has 0 aliphatic heterocycles. The first-order valence-corrected chi connectivity index (χ1v) is 23.4. The lowest BCUT2D eigenvalue weighted by Gasteiger charge is -2.35. The molecule has 3 unspecified atom stereocenters. The Bertz CT molecular complexity index is 1700. The summed E-state index contributed by atoms with van der Waals surface area (Å²) in [5.41, 5.74) is -2.70. The van der Waals surface area contributed by atoms with Crippen LogP contribution in [0.3, 0.4) is 0 Å². The summed E-state index contributed by atoms with van der Waals surface area (Å²) in [7, 11) is -9.92. The highest BCUT2D eigenvalue weighted by Crippen LogP contribution is 2.48. The van der Waals surface area contributed by atoms with Crippen molar-refractivity contribution < 1.29 is 22.7 Å². The number of nitriles is 3. The van der Waals surface area contributed by atoms with E-state index in [1.165, 1.54) is 0 Å². The Hall–Kier alpha value is -3.39. The van der Waals surface area contributed by atoms with E-state index in [-0.39, 0.29) is 32.4 Å². The van der Waals surface area contributed by atoms with Gasteiger partial charge in [0.25, 0.3) is 15.0 Å². The van der Waals surface area contributed by atoms with Crippen LogP contribution >= 0.6 is 22.3 Å². The van der Waals surface area contributed by atoms with Gasteiger partial charge < -0.3 is 13.6 Å². The normalized spacial score (nSPS) is 15.5. The fraction of sp³-hybridized carbons (Fsp3) is 0.450. The molecule has 296 valence electrons. The predicted molar refractivity (Wildman–Crippen MR) is 224 cm³/mol. The molecule has 0 bridgehead atoms. The number of benzene rings is 3. The summed E-state index contributed by atoms with van der Waals surface area (Å²) in [5, 5.41) is 40.1. The molecule has 0 heterocycles. The molecule has 0 saturated heterocycles. The van der Waals surface area contributed by atoms with E-state index < -0.39 is 39.1 Å². The van der Waals surface area contributed by atoms with Gasteiger partial charge in [-0.15, -0.1) is 0 Å². The van der Waals surface area contributed by atoms with E-state index in [2.05, 4.69) is 44.7 Å². The van der Waals surface area contributed by atoms with Crippen molar-refractivity contribution in [2.75, 3.05) is 39.3 Å². The van der Waals surface area contributed by atoms with E-state index in [4.69, 9.17) is 13.6 Å². The third-order valence-electron chi connectivity index (χ3n) is 8.33. The van der Waals surface area contributed by atoms with E-state index >= 15 is 0 Å². The van der Waals surface area contributed by atoms with Gasteiger partial charge in [-0.25, -0.2) is 10.2 Å². The van der Waals surface area contributed by atoms with Crippen LogP contribution in [0.4, 0.5) is 0 Å². The molecule has 0 fully saturated rings. The average Bonchev–Trinajstić information content (AvgIpc) is 3.11. The number of nitrogens with one attached hydrogen (secondary N) is 3. The van der Waals surface area contributed by atoms with Gasteiger partial charge in [-0.2, -0.15) is 15.8 Å². The lowest BCUT2D eigenvalue weighted by molar-refractivity contribution is 0.118. The van der Waals surface area contributed by atoms with Crippen LogP contribution in [0.5, 0.6) is 0 Å². The fourth-order valence-electron chi connectivity index (χ4n) is 5.67. The first kappa shape index (κ1) is 46.0. The molecular formula is C40H56N7O5P3. The summed E-state index contributed by atoms with van der Waals surface area (Å²) < 4.78 is 47.9. The maximum Gasteiger partial charge on any atom is 0.300 e. The first-order chi connectivity index (χ1) is 25.9. The van der Waals surface area contributed by atoms with Gasteiger partial charge in [0.15, 0.2) is 0 Å². The Labute approximate surface area is 328 Å². The van der Waals surface area contributed by atoms with Crippen LogP contribution in [0.25, 0.3) is 0 Å². The van der Waals surface area contributed by atoms with Gasteiger partial charge in [-0.3, -0.25) is 19.1 Å². The largest absolute Gasteiger partial charge is 0.337 e. The molecule has 12 nitrogen and oxygen atoms in total. The molecule has 3 rings (SSSR count). The predicted octanol–water partition coefficient (Wildman–Crippen LogP) is 6.83. The molecule has 0 radical (unpaired) electrons. The van der Waals surface area contributed by atoms with Gasteiger partial charge in [0.1, 0.15) is 0 Å². The minimum Gasteiger partial charge on any atom is -0.337 e. The van der Waals surface area contributed by atoms with Crippen LogP contribution in [0.1, 0.15) is 60.8 Å². The van der Waals surface area contributed by atoms with Gasteiger partial charge in [-0.05, 0) is 65.8 Å². The molecule has 3 atom stereocenters. The highest BCUT2D eigenvalue weighted by Gasteiger charge is 2.36. The van der Waals surface area contributed by atoms with Crippen LogP contribution in [0.2, 0.25) is 0 Å². The Balaban J connectivity index is 1.88. The maximum atomic E-state index is 14.5. The highest BCUT2D eigenvalue weighted by molar-refractivity contribution is 7.74. The number of nitrogens with zero attached hydrogens (tertiary/aromatic N) is 4. The molecule has 15 heteroatoms. The van der Waals surface area contributed by atoms with Crippen LogP contribution in [0, 0.1) is 34.0 Å². The van der Waals surface area contributed by atoms with E-state index in [1.54, 1.807) is 76.2 Å². The summed E-state index contributed by atoms with van der Waals surface area (Å²) in [6.07, 6.45) is 4.82. The summed E-state index contributed by atoms with van der Waals surface area (Å²) in [5.74, 6) is 0. The Morgan fingerprint density at radius 1 is 0.545 bits per heavy atom. The second-order valence-corrected chi connectivity index (χ2v) is 21.7. The lowest BCUT2D eigenvalue weighted by atomic mass is 10.1. The summed E-state index contributed by atoms with van der Waals surface area (Å²) in [6.45, 7) is 13.0. The quantitative estimate of drug-likeness (QED) is 0.0808. The van der Waals surface area contributed by atoms with Crippen LogP contribution in [-0.4, -0.2) is 67.3 Å². The standard InChI is InChI=1S/C40H56N7O5P3/c1-38(2,23-26-41)50-53(7,35-17-11-8-12-18-35)44-29-32-47(33-30-45-54(48,36-19-13-9-14-20-36)51-39(3,4)24-27-42)34-31-46-55(49,37-21-15-10-16-22-37)52-40(5,6)25-28-43/h8-22,44H,7,23-25,29-34H2,1-6H3,(H,45,48)(H,46,49). The van der Waals surface area contributed by atoms with E-state index in [0.29, 0.717) is 36.8 Å². The molecule has 55 heavy (non-hydrogen) atoms. The zero-order valence-electron chi connectivity index (χ0n) is 32.9. The van der Waals surface area contributed by atoms with Crippen molar-refractivity contribution in [1.82, 2.24) is 20.2 Å². The molecular weight excluding hydrogens is 751 g/mol. The number of hydrogen-bond donors (Lipinski definition) is 3. The molecule has 0 aromatic heterocycles. The van der Waals surface area contributed by atoms with Crippen molar-refractivity contribution >= 4 is 44.5 Å². The molecule has 0 aliphatic rings. The van der Waals surface area contributed by atoms with Crippen molar-refractivity contribution in [2.45, 2.75) is 77.6 Å². The number of rotatable bonds is 24. The topological polar surface area (TPSA) is 173 Å². The minimum atomic E-state index is -3.63. The molecule has 0 amide bonds. The molecule has 0 saturated carbocycles. The Morgan fingerprint density at radius 2 is 0.855 bits per heavy atom. The van der Waals surface area contributed by atoms with Crippen LogP contribution in [0.15, 0.2) is 91.0 Å². The molecule has 0 aliphatic carbocycles. The second-order valence-electron chi connectivity index (χ2n) is 15.0. The van der Waals surface area contributed by atoms with Gasteiger partial charge in [0.2, 0.25) is 0 Å². The number of hydrogen-bond acceptors (Lipinski definition) is 10. The molecule has 3 N–H and O–H groups in total. The van der Waals surface area contributed by atoms with Crippen molar-refractivity contribution in [3.05, 3.63) is 91.0 Å². The third-order valence-corrected chi connectivity index (χ3v) is 15.7. The van der Waals surface area contributed by atoms with E-state index in [1.807, 2.05) is 56.3 Å². The third kappa shape index (κ3) is 14.9. The summed E-state index contributed by atoms with van der Waals surface area (Å²) in [4.78, 5) is 2.12. The first-order valence-electron chi connectivity index (χ1n) is 18.2. The minimum absolute atomic E-state index is 0.0499. The second kappa shape index (κ2) is 20.7. The van der Waals surface area contributed by atoms with Crippen molar-refractivity contribution in [1.29, 1.82) is 15.8 Å². The SMILES string of the molecule is C=P(NCCN(CCNP(=O)(OC(C)(C)CC#N)c1ccccc1)CCNP(=O)(OC(C)(C)CC#N)c1ccccc1)(OC(C)(C)CC#N)c1ccccc1.